The molecular weight excluding hydrogens is 264 g/mol. The lowest BCUT2D eigenvalue weighted by molar-refractivity contribution is 0.163. The Morgan fingerprint density at radius 2 is 1.36 bits per heavy atom. The molecule has 0 bridgehead atoms. The van der Waals surface area contributed by atoms with Gasteiger partial charge < -0.3 is 0 Å². The zero-order valence-electron chi connectivity index (χ0n) is 14.9. The van der Waals surface area contributed by atoms with E-state index < -0.39 is 0 Å². The van der Waals surface area contributed by atoms with Crippen LogP contribution in [0.15, 0.2) is 30.3 Å². The summed E-state index contributed by atoms with van der Waals surface area (Å²) in [6.45, 7) is 4.42. The lowest BCUT2D eigenvalue weighted by Gasteiger charge is -2.35. The molecule has 2 aliphatic carbocycles. The molecule has 0 unspecified atom stereocenters. The summed E-state index contributed by atoms with van der Waals surface area (Å²) in [5.74, 6) is 3.34. The van der Waals surface area contributed by atoms with E-state index in [4.69, 9.17) is 0 Å². The topological polar surface area (TPSA) is 0 Å². The minimum atomic E-state index is 1.09. The van der Waals surface area contributed by atoms with Gasteiger partial charge in [-0.15, -0.1) is 0 Å². The predicted octanol–water partition coefficient (Wildman–Crippen LogP) is 7.17. The maximum absolute atomic E-state index is 2.34. The van der Waals surface area contributed by atoms with Gasteiger partial charge in [-0.1, -0.05) is 101 Å². The predicted molar refractivity (Wildman–Crippen MR) is 98.1 cm³/mol. The molecule has 3 rings (SSSR count). The average molecular weight is 301 g/mol. The summed E-state index contributed by atoms with van der Waals surface area (Å²) in [5, 5.41) is 0. The standard InChI is InChI=1S/C15H28.C7H8/c1-2-6-13-9-11-15(12-10-13)14-7-4-3-5-8-14;1-7-5-3-2-4-6-7/h13-15H,2-12H2,1H3;2-6H,1H3. The maximum Gasteiger partial charge on any atom is -0.0386 e. The van der Waals surface area contributed by atoms with E-state index in [1.54, 1.807) is 38.5 Å². The fourth-order valence-electron chi connectivity index (χ4n) is 4.50. The molecule has 0 heterocycles. The van der Waals surface area contributed by atoms with Crippen LogP contribution in [0.3, 0.4) is 0 Å². The number of aryl methyl sites for hydroxylation is 1. The SMILES string of the molecule is CCCC1CCC(C2CCCCC2)CC1.Cc1ccccc1. The van der Waals surface area contributed by atoms with E-state index in [0.29, 0.717) is 0 Å². The molecule has 22 heavy (non-hydrogen) atoms. The van der Waals surface area contributed by atoms with E-state index in [0.717, 1.165) is 17.8 Å². The van der Waals surface area contributed by atoms with Crippen molar-refractivity contribution in [2.45, 2.75) is 84.5 Å². The smallest absolute Gasteiger partial charge is 0.0386 e. The van der Waals surface area contributed by atoms with Crippen LogP contribution < -0.4 is 0 Å². The quantitative estimate of drug-likeness (QED) is 0.555. The van der Waals surface area contributed by atoms with Crippen molar-refractivity contribution in [3.05, 3.63) is 35.9 Å². The second-order valence-corrected chi connectivity index (χ2v) is 7.62. The van der Waals surface area contributed by atoms with E-state index in [2.05, 4.69) is 26.0 Å². The molecule has 0 amide bonds. The number of hydrogen-bond acceptors (Lipinski definition) is 0. The van der Waals surface area contributed by atoms with Crippen molar-refractivity contribution >= 4 is 0 Å². The summed E-state index contributed by atoms with van der Waals surface area (Å²) in [5.41, 5.74) is 1.32. The molecule has 0 nitrogen and oxygen atoms in total. The Hall–Kier alpha value is -0.780. The van der Waals surface area contributed by atoms with E-state index in [-0.39, 0.29) is 0 Å². The number of rotatable bonds is 3. The summed E-state index contributed by atoms with van der Waals surface area (Å²) in [4.78, 5) is 0. The molecule has 0 radical (unpaired) electrons. The fourth-order valence-corrected chi connectivity index (χ4v) is 4.50. The second kappa shape index (κ2) is 10.1. The van der Waals surface area contributed by atoms with Crippen LogP contribution in [0.2, 0.25) is 0 Å². The fraction of sp³-hybridized carbons (Fsp3) is 0.727. The normalized spacial score (nSPS) is 26.1. The highest BCUT2D eigenvalue weighted by atomic mass is 14.3. The largest absolute Gasteiger partial charge is 0.0654 e. The Morgan fingerprint density at radius 3 is 1.86 bits per heavy atom. The lowest BCUT2D eigenvalue weighted by Crippen LogP contribution is -2.23. The highest BCUT2D eigenvalue weighted by Crippen LogP contribution is 2.40. The van der Waals surface area contributed by atoms with Gasteiger partial charge >= 0.3 is 0 Å². The van der Waals surface area contributed by atoms with Crippen LogP contribution in [0.1, 0.15) is 83.1 Å². The molecule has 0 aromatic heterocycles. The molecule has 0 N–H and O–H groups in total. The first kappa shape index (κ1) is 17.6. The van der Waals surface area contributed by atoms with Crippen molar-refractivity contribution in [1.82, 2.24) is 0 Å². The number of hydrogen-bond donors (Lipinski definition) is 0. The highest BCUT2D eigenvalue weighted by Gasteiger charge is 2.27. The van der Waals surface area contributed by atoms with E-state index >= 15 is 0 Å². The molecule has 1 aromatic carbocycles. The molecule has 0 spiro atoms. The first-order valence-electron chi connectivity index (χ1n) is 9.81. The molecule has 0 heteroatoms. The van der Waals surface area contributed by atoms with Crippen LogP contribution in [-0.4, -0.2) is 0 Å². The summed E-state index contributed by atoms with van der Waals surface area (Å²) in [6.07, 6.45) is 16.8. The Morgan fingerprint density at radius 1 is 0.773 bits per heavy atom. The second-order valence-electron chi connectivity index (χ2n) is 7.62. The van der Waals surface area contributed by atoms with Gasteiger partial charge in [-0.25, -0.2) is 0 Å². The molecular formula is C22H36. The Balaban J connectivity index is 0.000000211. The molecule has 124 valence electrons. The molecule has 1 aromatic rings. The third-order valence-electron chi connectivity index (χ3n) is 5.85. The van der Waals surface area contributed by atoms with Gasteiger partial charge in [-0.05, 0) is 37.5 Å². The molecule has 2 fully saturated rings. The van der Waals surface area contributed by atoms with Crippen LogP contribution in [0.5, 0.6) is 0 Å². The van der Waals surface area contributed by atoms with Crippen LogP contribution in [0, 0.1) is 24.7 Å². The molecule has 2 aliphatic rings. The third-order valence-corrected chi connectivity index (χ3v) is 5.85. The molecule has 0 atom stereocenters. The van der Waals surface area contributed by atoms with Crippen LogP contribution >= 0.6 is 0 Å². The van der Waals surface area contributed by atoms with Gasteiger partial charge in [0, 0.05) is 0 Å². The molecule has 0 aliphatic heterocycles. The number of benzene rings is 1. The van der Waals surface area contributed by atoms with Crippen LogP contribution in [0.25, 0.3) is 0 Å². The van der Waals surface area contributed by atoms with Crippen molar-refractivity contribution in [1.29, 1.82) is 0 Å². The lowest BCUT2D eigenvalue weighted by atomic mass is 9.70. The minimum Gasteiger partial charge on any atom is -0.0654 e. The maximum atomic E-state index is 2.34. The third kappa shape index (κ3) is 6.15. The van der Waals surface area contributed by atoms with Gasteiger partial charge in [0.05, 0.1) is 0 Å². The monoisotopic (exact) mass is 300 g/mol. The van der Waals surface area contributed by atoms with Gasteiger partial charge in [0.15, 0.2) is 0 Å². The van der Waals surface area contributed by atoms with Gasteiger partial charge in [-0.2, -0.15) is 0 Å². The Bertz CT molecular complexity index is 366. The minimum absolute atomic E-state index is 1.09. The van der Waals surface area contributed by atoms with Crippen molar-refractivity contribution < 1.29 is 0 Å². The van der Waals surface area contributed by atoms with Crippen molar-refractivity contribution in [3.8, 4) is 0 Å². The van der Waals surface area contributed by atoms with E-state index in [1.165, 1.54) is 37.7 Å². The Kier molecular flexibility index (Phi) is 8.05. The average Bonchev–Trinajstić information content (AvgIpc) is 2.58. The zero-order valence-corrected chi connectivity index (χ0v) is 14.9. The summed E-state index contributed by atoms with van der Waals surface area (Å²) in [6, 6.07) is 10.3. The first-order valence-corrected chi connectivity index (χ1v) is 9.81. The van der Waals surface area contributed by atoms with Crippen molar-refractivity contribution in [2.75, 3.05) is 0 Å². The first-order chi connectivity index (χ1) is 10.8. The van der Waals surface area contributed by atoms with E-state index in [1.807, 2.05) is 18.2 Å². The van der Waals surface area contributed by atoms with Gasteiger partial charge in [0.25, 0.3) is 0 Å². The van der Waals surface area contributed by atoms with Crippen LogP contribution in [-0.2, 0) is 0 Å². The molecule has 2 saturated carbocycles. The van der Waals surface area contributed by atoms with Gasteiger partial charge in [-0.3, -0.25) is 0 Å². The Labute approximate surface area is 138 Å². The summed E-state index contributed by atoms with van der Waals surface area (Å²) < 4.78 is 0. The highest BCUT2D eigenvalue weighted by molar-refractivity contribution is 5.11. The van der Waals surface area contributed by atoms with Crippen molar-refractivity contribution in [2.24, 2.45) is 17.8 Å². The molecule has 0 saturated heterocycles. The van der Waals surface area contributed by atoms with E-state index in [9.17, 15) is 0 Å². The van der Waals surface area contributed by atoms with Crippen LogP contribution in [0.4, 0.5) is 0 Å². The van der Waals surface area contributed by atoms with Gasteiger partial charge in [0.1, 0.15) is 0 Å². The van der Waals surface area contributed by atoms with Crippen molar-refractivity contribution in [3.63, 3.8) is 0 Å². The van der Waals surface area contributed by atoms with Gasteiger partial charge in [0.2, 0.25) is 0 Å². The zero-order chi connectivity index (χ0) is 15.6. The summed E-state index contributed by atoms with van der Waals surface area (Å²) in [7, 11) is 0. The summed E-state index contributed by atoms with van der Waals surface area (Å²) >= 11 is 0.